The van der Waals surface area contributed by atoms with Crippen LogP contribution < -0.4 is 5.32 Å². The Morgan fingerprint density at radius 3 is 2.43 bits per heavy atom. The monoisotopic (exact) mass is 278 g/mol. The Morgan fingerprint density at radius 2 is 1.76 bits per heavy atom. The Balaban J connectivity index is 2.14. The minimum absolute atomic E-state index is 0.203. The van der Waals surface area contributed by atoms with Crippen molar-refractivity contribution in [3.63, 3.8) is 0 Å². The van der Waals surface area contributed by atoms with Gasteiger partial charge in [0.25, 0.3) is 0 Å². The summed E-state index contributed by atoms with van der Waals surface area (Å²) in [5.41, 5.74) is 5.78. The molecule has 2 nitrogen and oxygen atoms in total. The number of aryl methyl sites for hydroxylation is 2. The molecule has 2 unspecified atom stereocenters. The Morgan fingerprint density at radius 1 is 1.00 bits per heavy atom. The van der Waals surface area contributed by atoms with Gasteiger partial charge in [0.1, 0.15) is 0 Å². The first-order valence-electron chi connectivity index (χ1n) is 7.34. The predicted molar refractivity (Wildman–Crippen MR) is 87.0 cm³/mol. The van der Waals surface area contributed by atoms with Crippen LogP contribution in [-0.2, 0) is 0 Å². The van der Waals surface area contributed by atoms with E-state index in [4.69, 9.17) is 5.26 Å². The first-order chi connectivity index (χ1) is 10.0. The van der Waals surface area contributed by atoms with Crippen molar-refractivity contribution in [3.05, 3.63) is 70.3 Å². The van der Waals surface area contributed by atoms with Crippen LogP contribution in [0.5, 0.6) is 0 Å². The molecule has 0 aliphatic heterocycles. The molecule has 0 spiro atoms. The fraction of sp³-hybridized carbons (Fsp3) is 0.316. The first-order valence-corrected chi connectivity index (χ1v) is 7.34. The van der Waals surface area contributed by atoms with E-state index < -0.39 is 0 Å². The standard InChI is InChI=1S/C19H22N2/c1-13-8-9-19(14(2)10-13)16(4)21-15(3)18-7-5-6-17(11-18)12-20/h5-11,15-16,21H,1-4H3. The van der Waals surface area contributed by atoms with Gasteiger partial charge in [-0.1, -0.05) is 35.9 Å². The van der Waals surface area contributed by atoms with Crippen molar-refractivity contribution in [3.8, 4) is 6.07 Å². The average Bonchev–Trinajstić information content (AvgIpc) is 2.47. The van der Waals surface area contributed by atoms with Gasteiger partial charge in [0.2, 0.25) is 0 Å². The highest BCUT2D eigenvalue weighted by molar-refractivity contribution is 5.35. The highest BCUT2D eigenvalue weighted by atomic mass is 14.9. The van der Waals surface area contributed by atoms with Crippen LogP contribution in [0.3, 0.4) is 0 Å². The lowest BCUT2D eigenvalue weighted by molar-refractivity contribution is 0.493. The van der Waals surface area contributed by atoms with Crippen LogP contribution in [0.1, 0.15) is 53.7 Å². The summed E-state index contributed by atoms with van der Waals surface area (Å²) in [6.07, 6.45) is 0. The number of nitrogens with one attached hydrogen (secondary N) is 1. The van der Waals surface area contributed by atoms with Crippen molar-refractivity contribution < 1.29 is 0 Å². The van der Waals surface area contributed by atoms with E-state index in [-0.39, 0.29) is 12.1 Å². The maximum atomic E-state index is 9.00. The van der Waals surface area contributed by atoms with Gasteiger partial charge in [-0.3, -0.25) is 0 Å². The molecule has 0 fully saturated rings. The normalized spacial score (nSPS) is 13.5. The van der Waals surface area contributed by atoms with Crippen LogP contribution in [0.15, 0.2) is 42.5 Å². The fourth-order valence-corrected chi connectivity index (χ4v) is 2.75. The second-order valence-electron chi connectivity index (χ2n) is 5.71. The molecular weight excluding hydrogens is 256 g/mol. The number of nitriles is 1. The minimum atomic E-state index is 0.203. The summed E-state index contributed by atoms with van der Waals surface area (Å²) in [4.78, 5) is 0. The van der Waals surface area contributed by atoms with Crippen LogP contribution >= 0.6 is 0 Å². The predicted octanol–water partition coefficient (Wildman–Crippen LogP) is 4.59. The van der Waals surface area contributed by atoms with E-state index in [1.54, 1.807) is 0 Å². The molecule has 2 atom stereocenters. The van der Waals surface area contributed by atoms with Crippen molar-refractivity contribution in [1.29, 1.82) is 5.26 Å². The summed E-state index contributed by atoms with van der Waals surface area (Å²) in [7, 11) is 0. The third-order valence-electron chi connectivity index (χ3n) is 3.91. The number of hydrogen-bond acceptors (Lipinski definition) is 2. The van der Waals surface area contributed by atoms with Gasteiger partial charge in [-0.25, -0.2) is 0 Å². The number of nitrogens with zero attached hydrogens (tertiary/aromatic N) is 1. The Bertz CT molecular complexity index is 668. The van der Waals surface area contributed by atoms with Gasteiger partial charge in [-0.15, -0.1) is 0 Å². The molecule has 0 amide bonds. The fourth-order valence-electron chi connectivity index (χ4n) is 2.75. The zero-order valence-corrected chi connectivity index (χ0v) is 13.1. The molecule has 0 saturated carbocycles. The molecule has 2 aromatic rings. The average molecular weight is 278 g/mol. The van der Waals surface area contributed by atoms with Gasteiger partial charge in [0.05, 0.1) is 11.6 Å². The molecule has 0 heterocycles. The third-order valence-corrected chi connectivity index (χ3v) is 3.91. The summed E-state index contributed by atoms with van der Waals surface area (Å²) in [6, 6.07) is 17.0. The van der Waals surface area contributed by atoms with Crippen LogP contribution in [-0.4, -0.2) is 0 Å². The Hall–Kier alpha value is -2.11. The summed E-state index contributed by atoms with van der Waals surface area (Å²) in [5.74, 6) is 0. The van der Waals surface area contributed by atoms with E-state index in [1.165, 1.54) is 16.7 Å². The maximum Gasteiger partial charge on any atom is 0.0991 e. The molecule has 0 aliphatic rings. The van der Waals surface area contributed by atoms with Gasteiger partial charge in [0, 0.05) is 12.1 Å². The quantitative estimate of drug-likeness (QED) is 0.888. The molecule has 2 rings (SSSR count). The second-order valence-corrected chi connectivity index (χ2v) is 5.71. The number of rotatable bonds is 4. The van der Waals surface area contributed by atoms with E-state index >= 15 is 0 Å². The number of hydrogen-bond donors (Lipinski definition) is 1. The molecule has 21 heavy (non-hydrogen) atoms. The van der Waals surface area contributed by atoms with Crippen LogP contribution in [0.25, 0.3) is 0 Å². The van der Waals surface area contributed by atoms with E-state index in [0.717, 1.165) is 5.56 Å². The maximum absolute atomic E-state index is 9.00. The van der Waals surface area contributed by atoms with Crippen molar-refractivity contribution in [2.45, 2.75) is 39.8 Å². The highest BCUT2D eigenvalue weighted by Gasteiger charge is 2.13. The van der Waals surface area contributed by atoms with Crippen molar-refractivity contribution in [2.75, 3.05) is 0 Å². The molecular formula is C19H22N2. The van der Waals surface area contributed by atoms with Gasteiger partial charge in [-0.2, -0.15) is 5.26 Å². The van der Waals surface area contributed by atoms with E-state index in [2.05, 4.69) is 63.3 Å². The zero-order chi connectivity index (χ0) is 15.4. The molecule has 108 valence electrons. The minimum Gasteiger partial charge on any atom is -0.304 e. The van der Waals surface area contributed by atoms with Gasteiger partial charge in [0.15, 0.2) is 0 Å². The van der Waals surface area contributed by atoms with Gasteiger partial charge >= 0.3 is 0 Å². The lowest BCUT2D eigenvalue weighted by Crippen LogP contribution is -2.23. The van der Waals surface area contributed by atoms with Crippen LogP contribution in [0.2, 0.25) is 0 Å². The second kappa shape index (κ2) is 6.56. The smallest absolute Gasteiger partial charge is 0.0991 e. The van der Waals surface area contributed by atoms with E-state index in [1.807, 2.05) is 18.2 Å². The lowest BCUT2D eigenvalue weighted by atomic mass is 9.98. The van der Waals surface area contributed by atoms with Crippen LogP contribution in [0, 0.1) is 25.2 Å². The SMILES string of the molecule is Cc1ccc(C(C)NC(C)c2cccc(C#N)c2)c(C)c1. The summed E-state index contributed by atoms with van der Waals surface area (Å²) in [5, 5.41) is 12.6. The molecule has 0 aliphatic carbocycles. The molecule has 2 heteroatoms. The highest BCUT2D eigenvalue weighted by Crippen LogP contribution is 2.23. The zero-order valence-electron chi connectivity index (χ0n) is 13.1. The molecule has 1 N–H and O–H groups in total. The molecule has 0 saturated heterocycles. The van der Waals surface area contributed by atoms with E-state index in [9.17, 15) is 0 Å². The topological polar surface area (TPSA) is 35.8 Å². The van der Waals surface area contributed by atoms with Crippen LogP contribution in [0.4, 0.5) is 0 Å². The van der Waals surface area contributed by atoms with Gasteiger partial charge < -0.3 is 5.32 Å². The summed E-state index contributed by atoms with van der Waals surface area (Å²) >= 11 is 0. The van der Waals surface area contributed by atoms with Gasteiger partial charge in [-0.05, 0) is 56.5 Å². The van der Waals surface area contributed by atoms with Crippen molar-refractivity contribution in [2.24, 2.45) is 0 Å². The third kappa shape index (κ3) is 3.71. The molecule has 0 aromatic heterocycles. The Kier molecular flexibility index (Phi) is 4.77. The molecule has 0 radical (unpaired) electrons. The Labute approximate surface area is 127 Å². The summed E-state index contributed by atoms with van der Waals surface area (Å²) < 4.78 is 0. The largest absolute Gasteiger partial charge is 0.304 e. The first kappa shape index (κ1) is 15.3. The van der Waals surface area contributed by atoms with E-state index in [0.29, 0.717) is 5.56 Å². The molecule has 0 bridgehead atoms. The lowest BCUT2D eigenvalue weighted by Gasteiger charge is -2.22. The van der Waals surface area contributed by atoms with Crippen molar-refractivity contribution >= 4 is 0 Å². The van der Waals surface area contributed by atoms with Crippen molar-refractivity contribution in [1.82, 2.24) is 5.32 Å². The molecule has 2 aromatic carbocycles. The number of benzene rings is 2. The summed E-state index contributed by atoms with van der Waals surface area (Å²) in [6.45, 7) is 8.59.